The van der Waals surface area contributed by atoms with Crippen LogP contribution in [0.15, 0.2) is 4.52 Å². The van der Waals surface area contributed by atoms with Gasteiger partial charge in [0.1, 0.15) is 0 Å². The molecule has 0 aliphatic heterocycles. The number of carbonyl (C=O) groups is 1. The van der Waals surface area contributed by atoms with Gasteiger partial charge >= 0.3 is 5.97 Å². The summed E-state index contributed by atoms with van der Waals surface area (Å²) in [5.74, 6) is 0.973. The number of ether oxygens (including phenoxy) is 1. The second-order valence-corrected chi connectivity index (χ2v) is 4.18. The van der Waals surface area contributed by atoms with Crippen LogP contribution < -0.4 is 0 Å². The average Bonchev–Trinajstić information content (AvgIpc) is 3.03. The Balaban J connectivity index is 1.91. The summed E-state index contributed by atoms with van der Waals surface area (Å²) < 4.78 is 10.0. The lowest BCUT2D eigenvalue weighted by Gasteiger charge is -2.18. The van der Waals surface area contributed by atoms with Gasteiger partial charge in [0.25, 0.3) is 0 Å². The first kappa shape index (κ1) is 12.0. The van der Waals surface area contributed by atoms with Crippen LogP contribution in [-0.2, 0) is 16.1 Å². The van der Waals surface area contributed by atoms with E-state index in [1.807, 2.05) is 4.90 Å². The molecule has 17 heavy (non-hydrogen) atoms. The molecule has 1 aromatic rings. The molecule has 1 saturated carbocycles. The van der Waals surface area contributed by atoms with Gasteiger partial charge in [-0.25, -0.2) is 0 Å². The summed E-state index contributed by atoms with van der Waals surface area (Å²) in [6.07, 6.45) is 2.24. The van der Waals surface area contributed by atoms with Crippen molar-refractivity contribution >= 4 is 5.97 Å². The van der Waals surface area contributed by atoms with E-state index in [0.29, 0.717) is 37.5 Å². The molecule has 1 aliphatic carbocycles. The van der Waals surface area contributed by atoms with E-state index < -0.39 is 0 Å². The van der Waals surface area contributed by atoms with Crippen LogP contribution in [0.2, 0.25) is 0 Å². The number of aryl methyl sites for hydroxylation is 1. The van der Waals surface area contributed by atoms with E-state index in [2.05, 4.69) is 10.1 Å². The molecule has 94 valence electrons. The first-order valence-electron chi connectivity index (χ1n) is 5.88. The monoisotopic (exact) mass is 239 g/mol. The Morgan fingerprint density at radius 1 is 1.59 bits per heavy atom. The molecule has 1 heterocycles. The SMILES string of the molecule is CCOC(=O)CN(Cc1nc(C)no1)C1CC1. The van der Waals surface area contributed by atoms with E-state index in [1.165, 1.54) is 0 Å². The maximum Gasteiger partial charge on any atom is 0.320 e. The van der Waals surface area contributed by atoms with Crippen molar-refractivity contribution in [1.29, 1.82) is 0 Å². The second-order valence-electron chi connectivity index (χ2n) is 4.18. The molecule has 0 saturated heterocycles. The van der Waals surface area contributed by atoms with E-state index in [1.54, 1.807) is 13.8 Å². The molecule has 6 heteroatoms. The van der Waals surface area contributed by atoms with Crippen LogP contribution in [0.1, 0.15) is 31.5 Å². The third kappa shape index (κ3) is 3.52. The summed E-state index contributed by atoms with van der Waals surface area (Å²) >= 11 is 0. The Kier molecular flexibility index (Phi) is 3.73. The van der Waals surface area contributed by atoms with E-state index in [-0.39, 0.29) is 5.97 Å². The summed E-state index contributed by atoms with van der Waals surface area (Å²) in [4.78, 5) is 17.6. The molecule has 1 fully saturated rings. The predicted octanol–water partition coefficient (Wildman–Crippen LogP) is 0.906. The van der Waals surface area contributed by atoms with Gasteiger partial charge in [0.15, 0.2) is 5.82 Å². The van der Waals surface area contributed by atoms with Crippen molar-refractivity contribution in [3.63, 3.8) is 0 Å². The second kappa shape index (κ2) is 5.27. The topological polar surface area (TPSA) is 68.5 Å². The highest BCUT2D eigenvalue weighted by Gasteiger charge is 2.31. The predicted molar refractivity (Wildman–Crippen MR) is 59.1 cm³/mol. The minimum Gasteiger partial charge on any atom is -0.465 e. The normalized spacial score (nSPS) is 15.2. The van der Waals surface area contributed by atoms with Crippen LogP contribution in [0, 0.1) is 6.92 Å². The highest BCUT2D eigenvalue weighted by molar-refractivity contribution is 5.71. The molecule has 2 rings (SSSR count). The van der Waals surface area contributed by atoms with Gasteiger partial charge in [0.2, 0.25) is 5.89 Å². The van der Waals surface area contributed by atoms with Gasteiger partial charge in [-0.05, 0) is 26.7 Å². The molecule has 0 aromatic carbocycles. The minimum absolute atomic E-state index is 0.198. The van der Waals surface area contributed by atoms with E-state index in [9.17, 15) is 4.79 Å². The summed E-state index contributed by atoms with van der Waals surface area (Å²) in [7, 11) is 0. The van der Waals surface area contributed by atoms with Crippen molar-refractivity contribution in [2.24, 2.45) is 0 Å². The van der Waals surface area contributed by atoms with Crippen LogP contribution >= 0.6 is 0 Å². The molecular weight excluding hydrogens is 222 g/mol. The zero-order valence-electron chi connectivity index (χ0n) is 10.2. The lowest BCUT2D eigenvalue weighted by molar-refractivity contribution is -0.144. The molecule has 0 N–H and O–H groups in total. The number of carbonyl (C=O) groups excluding carboxylic acids is 1. The van der Waals surface area contributed by atoms with Crippen molar-refractivity contribution in [2.75, 3.05) is 13.2 Å². The van der Waals surface area contributed by atoms with Crippen molar-refractivity contribution in [2.45, 2.75) is 39.3 Å². The van der Waals surface area contributed by atoms with Gasteiger partial charge in [0.05, 0.1) is 19.7 Å². The summed E-state index contributed by atoms with van der Waals surface area (Å²) in [6, 6.07) is 0.451. The molecule has 0 unspecified atom stereocenters. The molecule has 1 aromatic heterocycles. The van der Waals surface area contributed by atoms with Crippen LogP contribution in [-0.4, -0.2) is 40.2 Å². The van der Waals surface area contributed by atoms with Crippen molar-refractivity contribution in [3.05, 3.63) is 11.7 Å². The highest BCUT2D eigenvalue weighted by Crippen LogP contribution is 2.27. The van der Waals surface area contributed by atoms with Crippen LogP contribution in [0.5, 0.6) is 0 Å². The fourth-order valence-electron chi connectivity index (χ4n) is 1.70. The Morgan fingerprint density at radius 2 is 2.35 bits per heavy atom. The lowest BCUT2D eigenvalue weighted by Crippen LogP contribution is -2.32. The third-order valence-corrected chi connectivity index (χ3v) is 2.61. The zero-order valence-corrected chi connectivity index (χ0v) is 10.2. The van der Waals surface area contributed by atoms with Crippen LogP contribution in [0.4, 0.5) is 0 Å². The molecule has 1 aliphatic rings. The van der Waals surface area contributed by atoms with Crippen LogP contribution in [0.3, 0.4) is 0 Å². The number of nitrogens with zero attached hydrogens (tertiary/aromatic N) is 3. The highest BCUT2D eigenvalue weighted by atomic mass is 16.5. The molecule has 0 bridgehead atoms. The number of hydrogen-bond acceptors (Lipinski definition) is 6. The largest absolute Gasteiger partial charge is 0.465 e. The molecule has 0 amide bonds. The zero-order chi connectivity index (χ0) is 12.3. The Labute approximate surface area is 99.9 Å². The molecular formula is C11H17N3O3. The fourth-order valence-corrected chi connectivity index (χ4v) is 1.70. The molecule has 0 radical (unpaired) electrons. The number of aromatic nitrogens is 2. The fraction of sp³-hybridized carbons (Fsp3) is 0.727. The maximum absolute atomic E-state index is 11.5. The van der Waals surface area contributed by atoms with E-state index in [0.717, 1.165) is 12.8 Å². The lowest BCUT2D eigenvalue weighted by atomic mass is 10.4. The summed E-state index contributed by atoms with van der Waals surface area (Å²) in [5, 5.41) is 3.74. The van der Waals surface area contributed by atoms with E-state index in [4.69, 9.17) is 9.26 Å². The molecule has 0 spiro atoms. The Morgan fingerprint density at radius 3 is 2.88 bits per heavy atom. The van der Waals surface area contributed by atoms with Gasteiger partial charge in [-0.2, -0.15) is 4.98 Å². The Bertz CT molecular complexity index is 387. The van der Waals surface area contributed by atoms with Gasteiger partial charge in [-0.1, -0.05) is 5.16 Å². The third-order valence-electron chi connectivity index (χ3n) is 2.61. The van der Waals surface area contributed by atoms with Gasteiger partial charge in [-0.3, -0.25) is 9.69 Å². The quantitative estimate of drug-likeness (QED) is 0.687. The first-order valence-corrected chi connectivity index (χ1v) is 5.88. The molecule has 6 nitrogen and oxygen atoms in total. The maximum atomic E-state index is 11.5. The van der Waals surface area contributed by atoms with Gasteiger partial charge < -0.3 is 9.26 Å². The first-order chi connectivity index (χ1) is 8.19. The molecule has 0 atom stereocenters. The standard InChI is InChI=1S/C11H17N3O3/c1-3-16-11(15)7-14(9-4-5-9)6-10-12-8(2)13-17-10/h9H,3-7H2,1-2H3. The number of hydrogen-bond donors (Lipinski definition) is 0. The minimum atomic E-state index is -0.198. The number of esters is 1. The van der Waals surface area contributed by atoms with Crippen LogP contribution in [0.25, 0.3) is 0 Å². The number of rotatable bonds is 6. The van der Waals surface area contributed by atoms with Crippen molar-refractivity contribution < 1.29 is 14.1 Å². The van der Waals surface area contributed by atoms with Crippen molar-refractivity contribution in [1.82, 2.24) is 15.0 Å². The smallest absolute Gasteiger partial charge is 0.320 e. The average molecular weight is 239 g/mol. The van der Waals surface area contributed by atoms with Crippen molar-refractivity contribution in [3.8, 4) is 0 Å². The van der Waals surface area contributed by atoms with E-state index >= 15 is 0 Å². The van der Waals surface area contributed by atoms with Gasteiger partial charge in [0, 0.05) is 6.04 Å². The van der Waals surface area contributed by atoms with Gasteiger partial charge in [-0.15, -0.1) is 0 Å². The Hall–Kier alpha value is -1.43. The summed E-state index contributed by atoms with van der Waals surface area (Å²) in [5.41, 5.74) is 0. The summed E-state index contributed by atoms with van der Waals surface area (Å²) in [6.45, 7) is 4.81.